The average molecular weight is 393 g/mol. The molecule has 0 saturated carbocycles. The molecule has 0 bridgehead atoms. The number of rotatable bonds is 8. The van der Waals surface area contributed by atoms with Crippen molar-refractivity contribution in [2.24, 2.45) is 0 Å². The molecule has 0 aliphatic carbocycles. The number of amides is 1. The molecule has 2 aromatic carbocycles. The normalized spacial score (nSPS) is 11.2. The summed E-state index contributed by atoms with van der Waals surface area (Å²) in [6.45, 7) is 3.24. The standard InChI is InChI=1S/C21H25F2NO4/c1-21(2,3)15-7-5-6-8-16(15)27-13-19(25)24-12-14-9-10-17(26-4)18(11-14)28-20(22)23/h5-11,20H,12-13H2,1-4H3,(H,24,25). The molecular formula is C21H25F2NO4. The highest BCUT2D eigenvalue weighted by Crippen LogP contribution is 2.31. The van der Waals surface area contributed by atoms with Crippen LogP contribution >= 0.6 is 0 Å². The van der Waals surface area contributed by atoms with Crippen LogP contribution in [-0.4, -0.2) is 26.2 Å². The molecule has 1 N–H and O–H groups in total. The summed E-state index contributed by atoms with van der Waals surface area (Å²) in [5, 5.41) is 2.70. The average Bonchev–Trinajstić information content (AvgIpc) is 2.64. The summed E-state index contributed by atoms with van der Waals surface area (Å²) in [6.07, 6.45) is 0. The van der Waals surface area contributed by atoms with E-state index in [9.17, 15) is 13.6 Å². The second kappa shape index (κ2) is 9.39. The van der Waals surface area contributed by atoms with Gasteiger partial charge in [0.25, 0.3) is 5.91 Å². The number of halogens is 2. The maximum absolute atomic E-state index is 12.5. The minimum absolute atomic E-state index is 0.0837. The predicted octanol–water partition coefficient (Wildman–Crippen LogP) is 4.29. The van der Waals surface area contributed by atoms with Gasteiger partial charge in [-0.3, -0.25) is 4.79 Å². The number of hydrogen-bond acceptors (Lipinski definition) is 4. The SMILES string of the molecule is COc1ccc(CNC(=O)COc2ccccc2C(C)(C)C)cc1OC(F)F. The van der Waals surface area contributed by atoms with Crippen molar-refractivity contribution in [3.05, 3.63) is 53.6 Å². The Morgan fingerprint density at radius 2 is 1.79 bits per heavy atom. The van der Waals surface area contributed by atoms with E-state index in [2.05, 4.69) is 30.8 Å². The highest BCUT2D eigenvalue weighted by molar-refractivity contribution is 5.77. The number of carbonyl (C=O) groups excluding carboxylic acids is 1. The number of benzene rings is 2. The van der Waals surface area contributed by atoms with Gasteiger partial charge in [-0.1, -0.05) is 45.0 Å². The van der Waals surface area contributed by atoms with Crippen molar-refractivity contribution in [3.8, 4) is 17.2 Å². The minimum Gasteiger partial charge on any atom is -0.493 e. The first-order valence-corrected chi connectivity index (χ1v) is 8.81. The molecule has 0 aromatic heterocycles. The van der Waals surface area contributed by atoms with Crippen LogP contribution < -0.4 is 19.5 Å². The molecule has 0 spiro atoms. The molecule has 0 aliphatic heterocycles. The number of methoxy groups -OCH3 is 1. The molecule has 152 valence electrons. The van der Waals surface area contributed by atoms with E-state index in [4.69, 9.17) is 9.47 Å². The molecule has 0 saturated heterocycles. The first-order valence-electron chi connectivity index (χ1n) is 8.81. The lowest BCUT2D eigenvalue weighted by Crippen LogP contribution is -2.29. The highest BCUT2D eigenvalue weighted by Gasteiger charge is 2.19. The van der Waals surface area contributed by atoms with Gasteiger partial charge in [-0.25, -0.2) is 0 Å². The summed E-state index contributed by atoms with van der Waals surface area (Å²) in [5.41, 5.74) is 1.49. The topological polar surface area (TPSA) is 56.8 Å². The number of alkyl halides is 2. The van der Waals surface area contributed by atoms with Gasteiger partial charge < -0.3 is 19.5 Å². The molecule has 0 heterocycles. The second-order valence-electron chi connectivity index (χ2n) is 7.18. The third kappa shape index (κ3) is 6.11. The van der Waals surface area contributed by atoms with Crippen LogP contribution in [0.5, 0.6) is 17.2 Å². The zero-order valence-corrected chi connectivity index (χ0v) is 16.4. The predicted molar refractivity (Wildman–Crippen MR) is 102 cm³/mol. The molecule has 28 heavy (non-hydrogen) atoms. The van der Waals surface area contributed by atoms with Gasteiger partial charge in [0.1, 0.15) is 5.75 Å². The molecule has 0 aliphatic rings. The van der Waals surface area contributed by atoms with E-state index >= 15 is 0 Å². The van der Waals surface area contributed by atoms with Gasteiger partial charge >= 0.3 is 6.61 Å². The zero-order chi connectivity index (χ0) is 20.7. The van der Waals surface area contributed by atoms with Crippen LogP contribution in [0.3, 0.4) is 0 Å². The van der Waals surface area contributed by atoms with Crippen molar-refractivity contribution in [3.63, 3.8) is 0 Å². The third-order valence-corrected chi connectivity index (χ3v) is 3.99. The summed E-state index contributed by atoms with van der Waals surface area (Å²) < 4.78 is 40.1. The Bertz CT molecular complexity index is 803. The fourth-order valence-electron chi connectivity index (χ4n) is 2.63. The van der Waals surface area contributed by atoms with Crippen LogP contribution in [0.1, 0.15) is 31.9 Å². The quantitative estimate of drug-likeness (QED) is 0.727. The van der Waals surface area contributed by atoms with Crippen LogP contribution in [0.2, 0.25) is 0 Å². The summed E-state index contributed by atoms with van der Waals surface area (Å²) >= 11 is 0. The van der Waals surface area contributed by atoms with Crippen molar-refractivity contribution >= 4 is 5.91 Å². The number of carbonyl (C=O) groups is 1. The van der Waals surface area contributed by atoms with Gasteiger partial charge in [0.15, 0.2) is 18.1 Å². The van der Waals surface area contributed by atoms with Crippen molar-refractivity contribution < 1.29 is 27.8 Å². The molecule has 0 fully saturated rings. The van der Waals surface area contributed by atoms with Gasteiger partial charge in [0, 0.05) is 6.54 Å². The van der Waals surface area contributed by atoms with E-state index < -0.39 is 6.61 Å². The molecule has 2 aromatic rings. The smallest absolute Gasteiger partial charge is 0.387 e. The zero-order valence-electron chi connectivity index (χ0n) is 16.4. The maximum Gasteiger partial charge on any atom is 0.387 e. The molecule has 0 atom stereocenters. The van der Waals surface area contributed by atoms with Crippen molar-refractivity contribution in [2.45, 2.75) is 39.3 Å². The molecule has 1 amide bonds. The molecule has 7 heteroatoms. The van der Waals surface area contributed by atoms with E-state index in [0.29, 0.717) is 11.3 Å². The third-order valence-electron chi connectivity index (χ3n) is 3.99. The van der Waals surface area contributed by atoms with Crippen molar-refractivity contribution in [1.29, 1.82) is 0 Å². The Labute approximate surface area is 163 Å². The van der Waals surface area contributed by atoms with Crippen molar-refractivity contribution in [2.75, 3.05) is 13.7 Å². The Morgan fingerprint density at radius 1 is 1.07 bits per heavy atom. The minimum atomic E-state index is -2.96. The van der Waals surface area contributed by atoms with Gasteiger partial charge in [-0.15, -0.1) is 0 Å². The Balaban J connectivity index is 1.95. The lowest BCUT2D eigenvalue weighted by molar-refractivity contribution is -0.123. The first-order chi connectivity index (χ1) is 13.2. The molecular weight excluding hydrogens is 368 g/mol. The van der Waals surface area contributed by atoms with Gasteiger partial charge in [0.05, 0.1) is 7.11 Å². The first kappa shape index (κ1) is 21.5. The van der Waals surface area contributed by atoms with E-state index in [1.165, 1.54) is 19.2 Å². The van der Waals surface area contributed by atoms with Gasteiger partial charge in [-0.2, -0.15) is 8.78 Å². The number of para-hydroxylation sites is 1. The van der Waals surface area contributed by atoms with Crippen LogP contribution in [0.25, 0.3) is 0 Å². The largest absolute Gasteiger partial charge is 0.493 e. The fourth-order valence-corrected chi connectivity index (χ4v) is 2.63. The lowest BCUT2D eigenvalue weighted by Gasteiger charge is -2.22. The molecule has 5 nitrogen and oxygen atoms in total. The Morgan fingerprint density at radius 3 is 2.43 bits per heavy atom. The summed E-state index contributed by atoms with van der Waals surface area (Å²) in [6, 6.07) is 12.1. The fraction of sp³-hybridized carbons (Fsp3) is 0.381. The van der Waals surface area contributed by atoms with E-state index in [0.717, 1.165) is 5.56 Å². The van der Waals surface area contributed by atoms with Gasteiger partial charge in [0.2, 0.25) is 0 Å². The number of ether oxygens (including phenoxy) is 3. The van der Waals surface area contributed by atoms with Crippen LogP contribution in [0.4, 0.5) is 8.78 Å². The molecule has 0 radical (unpaired) electrons. The number of hydrogen-bond donors (Lipinski definition) is 1. The van der Waals surface area contributed by atoms with E-state index in [-0.39, 0.29) is 36.0 Å². The molecule has 0 unspecified atom stereocenters. The lowest BCUT2D eigenvalue weighted by atomic mass is 9.86. The Kier molecular flexibility index (Phi) is 7.20. The van der Waals surface area contributed by atoms with Crippen molar-refractivity contribution in [1.82, 2.24) is 5.32 Å². The van der Waals surface area contributed by atoms with Crippen LogP contribution in [0.15, 0.2) is 42.5 Å². The Hall–Kier alpha value is -2.83. The number of nitrogens with one attached hydrogen (secondary N) is 1. The van der Waals surface area contributed by atoms with Gasteiger partial charge in [-0.05, 0) is 34.7 Å². The summed E-state index contributed by atoms with van der Waals surface area (Å²) in [7, 11) is 1.36. The van der Waals surface area contributed by atoms with Crippen LogP contribution in [-0.2, 0) is 16.8 Å². The summed E-state index contributed by atoms with van der Waals surface area (Å²) in [5.74, 6) is 0.440. The monoisotopic (exact) mass is 393 g/mol. The van der Waals surface area contributed by atoms with Crippen LogP contribution in [0, 0.1) is 0 Å². The highest BCUT2D eigenvalue weighted by atomic mass is 19.3. The summed E-state index contributed by atoms with van der Waals surface area (Å²) in [4.78, 5) is 12.1. The second-order valence-corrected chi connectivity index (χ2v) is 7.18. The van der Waals surface area contributed by atoms with E-state index in [1.54, 1.807) is 6.07 Å². The molecule has 2 rings (SSSR count). The van der Waals surface area contributed by atoms with E-state index in [1.807, 2.05) is 24.3 Å². The maximum atomic E-state index is 12.5.